The van der Waals surface area contributed by atoms with Crippen LogP contribution in [0.5, 0.6) is 0 Å². The zero-order valence-electron chi connectivity index (χ0n) is 14.7. The second-order valence-electron chi connectivity index (χ2n) is 6.44. The van der Waals surface area contributed by atoms with E-state index in [-0.39, 0.29) is 11.9 Å². The van der Waals surface area contributed by atoms with Crippen LogP contribution in [0.1, 0.15) is 30.4 Å². The number of aryl methyl sites for hydroxylation is 1. The quantitative estimate of drug-likeness (QED) is 0.831. The number of carbonyl (C=O) groups excluding carboxylic acids is 2. The lowest BCUT2D eigenvalue weighted by atomic mass is 10.1. The highest BCUT2D eigenvalue weighted by atomic mass is 35.5. The molecule has 0 atom stereocenters. The fourth-order valence-corrected chi connectivity index (χ4v) is 3.18. The van der Waals surface area contributed by atoms with Gasteiger partial charge in [-0.1, -0.05) is 23.7 Å². The van der Waals surface area contributed by atoms with Gasteiger partial charge >= 0.3 is 6.03 Å². The van der Waals surface area contributed by atoms with Gasteiger partial charge in [0.25, 0.3) is 0 Å². The number of amides is 3. The van der Waals surface area contributed by atoms with Crippen molar-refractivity contribution in [1.82, 2.24) is 5.32 Å². The van der Waals surface area contributed by atoms with Crippen molar-refractivity contribution in [3.8, 4) is 0 Å². The Morgan fingerprint density at radius 2 is 1.92 bits per heavy atom. The van der Waals surface area contributed by atoms with E-state index in [1.165, 1.54) is 0 Å². The third-order valence-electron chi connectivity index (χ3n) is 4.44. The second kappa shape index (κ2) is 8.23. The number of halogens is 1. The van der Waals surface area contributed by atoms with Gasteiger partial charge in [-0.15, -0.1) is 0 Å². The first-order chi connectivity index (χ1) is 12.5. The summed E-state index contributed by atoms with van der Waals surface area (Å²) in [7, 11) is 0. The second-order valence-corrected chi connectivity index (χ2v) is 6.87. The van der Waals surface area contributed by atoms with Crippen molar-refractivity contribution in [3.05, 3.63) is 58.6 Å². The molecular weight excluding hydrogens is 350 g/mol. The lowest BCUT2D eigenvalue weighted by Gasteiger charge is -2.28. The number of nitrogens with one attached hydrogen (secondary N) is 2. The highest BCUT2D eigenvalue weighted by Gasteiger charge is 2.21. The molecule has 1 aliphatic rings. The van der Waals surface area contributed by atoms with Crippen LogP contribution in [0.2, 0.25) is 5.02 Å². The molecular formula is C20H22ClN3O2. The van der Waals surface area contributed by atoms with Gasteiger partial charge in [-0.25, -0.2) is 4.79 Å². The fraction of sp³-hybridized carbons (Fsp3) is 0.300. The first kappa shape index (κ1) is 18.3. The van der Waals surface area contributed by atoms with E-state index in [1.54, 1.807) is 12.1 Å². The number of hydrogen-bond donors (Lipinski definition) is 2. The molecule has 0 saturated carbocycles. The van der Waals surface area contributed by atoms with E-state index < -0.39 is 0 Å². The molecule has 1 saturated heterocycles. The summed E-state index contributed by atoms with van der Waals surface area (Å²) in [6.07, 6.45) is 2.59. The van der Waals surface area contributed by atoms with Crippen LogP contribution in [0.4, 0.5) is 16.2 Å². The molecule has 0 aliphatic carbocycles. The molecule has 0 spiro atoms. The minimum absolute atomic E-state index is 0.167. The van der Waals surface area contributed by atoms with E-state index in [0.717, 1.165) is 36.2 Å². The lowest BCUT2D eigenvalue weighted by Crippen LogP contribution is -2.35. The zero-order chi connectivity index (χ0) is 18.5. The van der Waals surface area contributed by atoms with E-state index >= 15 is 0 Å². The van der Waals surface area contributed by atoms with E-state index in [4.69, 9.17) is 11.6 Å². The minimum atomic E-state index is -0.277. The van der Waals surface area contributed by atoms with Crippen LogP contribution in [0, 0.1) is 6.92 Å². The van der Waals surface area contributed by atoms with Crippen LogP contribution >= 0.6 is 11.6 Å². The third-order valence-corrected chi connectivity index (χ3v) is 4.69. The molecule has 2 aromatic carbocycles. The molecule has 2 N–H and O–H groups in total. The van der Waals surface area contributed by atoms with Gasteiger partial charge in [0, 0.05) is 35.9 Å². The number of piperidine rings is 1. The van der Waals surface area contributed by atoms with E-state index in [0.29, 0.717) is 23.7 Å². The highest BCUT2D eigenvalue weighted by Crippen LogP contribution is 2.27. The number of carbonyl (C=O) groups is 2. The molecule has 0 aromatic heterocycles. The zero-order valence-corrected chi connectivity index (χ0v) is 15.5. The molecule has 26 heavy (non-hydrogen) atoms. The number of benzene rings is 2. The van der Waals surface area contributed by atoms with Gasteiger partial charge in [-0.05, 0) is 61.2 Å². The Morgan fingerprint density at radius 1 is 1.15 bits per heavy atom. The maximum atomic E-state index is 12.1. The van der Waals surface area contributed by atoms with Crippen molar-refractivity contribution in [2.24, 2.45) is 0 Å². The normalized spacial score (nSPS) is 14.2. The van der Waals surface area contributed by atoms with E-state index in [2.05, 4.69) is 10.6 Å². The summed E-state index contributed by atoms with van der Waals surface area (Å²) in [5.41, 5.74) is 3.56. The standard InChI is InChI=1S/C20H22ClN3O2/c1-14-12-17(9-10-18(14)24-11-3-2-4-19(24)25)23-20(26)22-13-15-5-7-16(21)8-6-15/h5-10,12H,2-4,11,13H2,1H3,(H2,22,23,26). The molecule has 136 valence electrons. The first-order valence-corrected chi connectivity index (χ1v) is 9.11. The first-order valence-electron chi connectivity index (χ1n) is 8.73. The predicted octanol–water partition coefficient (Wildman–Crippen LogP) is 4.49. The molecule has 0 bridgehead atoms. The van der Waals surface area contributed by atoms with Gasteiger partial charge in [0.05, 0.1) is 0 Å². The van der Waals surface area contributed by atoms with Crippen LogP contribution in [-0.4, -0.2) is 18.5 Å². The van der Waals surface area contributed by atoms with Gasteiger partial charge in [-0.3, -0.25) is 4.79 Å². The Kier molecular flexibility index (Phi) is 5.78. The smallest absolute Gasteiger partial charge is 0.319 e. The van der Waals surface area contributed by atoms with Crippen LogP contribution in [-0.2, 0) is 11.3 Å². The van der Waals surface area contributed by atoms with Gasteiger partial charge in [-0.2, -0.15) is 0 Å². The van der Waals surface area contributed by atoms with Crippen molar-refractivity contribution in [3.63, 3.8) is 0 Å². The predicted molar refractivity (Wildman–Crippen MR) is 105 cm³/mol. The Labute approximate surface area is 158 Å². The van der Waals surface area contributed by atoms with Crippen molar-refractivity contribution >= 4 is 34.9 Å². The average molecular weight is 372 g/mol. The Hall–Kier alpha value is -2.53. The van der Waals surface area contributed by atoms with Crippen LogP contribution in [0.15, 0.2) is 42.5 Å². The van der Waals surface area contributed by atoms with Crippen LogP contribution < -0.4 is 15.5 Å². The number of nitrogens with zero attached hydrogens (tertiary/aromatic N) is 1. The average Bonchev–Trinajstić information content (AvgIpc) is 2.62. The van der Waals surface area contributed by atoms with Gasteiger partial charge in [0.2, 0.25) is 5.91 Å². The summed E-state index contributed by atoms with van der Waals surface area (Å²) in [5, 5.41) is 6.31. The summed E-state index contributed by atoms with van der Waals surface area (Å²) in [5.74, 6) is 0.167. The van der Waals surface area contributed by atoms with E-state index in [9.17, 15) is 9.59 Å². The molecule has 0 radical (unpaired) electrons. The van der Waals surface area contributed by atoms with E-state index in [1.807, 2.05) is 42.2 Å². The van der Waals surface area contributed by atoms with Gasteiger partial charge < -0.3 is 15.5 Å². The summed E-state index contributed by atoms with van der Waals surface area (Å²) >= 11 is 5.85. The molecule has 3 rings (SSSR count). The number of hydrogen-bond acceptors (Lipinski definition) is 2. The molecule has 1 heterocycles. The number of anilines is 2. The summed E-state index contributed by atoms with van der Waals surface area (Å²) < 4.78 is 0. The van der Waals surface area contributed by atoms with Crippen LogP contribution in [0.25, 0.3) is 0 Å². The van der Waals surface area contributed by atoms with Gasteiger partial charge in [0.1, 0.15) is 0 Å². The van der Waals surface area contributed by atoms with Crippen LogP contribution in [0.3, 0.4) is 0 Å². The molecule has 1 aliphatic heterocycles. The Morgan fingerprint density at radius 3 is 2.62 bits per heavy atom. The maximum Gasteiger partial charge on any atom is 0.319 e. The molecule has 6 heteroatoms. The number of urea groups is 1. The lowest BCUT2D eigenvalue weighted by molar-refractivity contribution is -0.119. The molecule has 1 fully saturated rings. The minimum Gasteiger partial charge on any atom is -0.334 e. The van der Waals surface area contributed by atoms with Crippen molar-refractivity contribution in [2.75, 3.05) is 16.8 Å². The molecule has 0 unspecified atom stereocenters. The number of rotatable bonds is 4. The van der Waals surface area contributed by atoms with Crippen molar-refractivity contribution < 1.29 is 9.59 Å². The molecule has 3 amide bonds. The van der Waals surface area contributed by atoms with Crippen molar-refractivity contribution in [2.45, 2.75) is 32.7 Å². The summed E-state index contributed by atoms with van der Waals surface area (Å²) in [6, 6.07) is 12.7. The largest absolute Gasteiger partial charge is 0.334 e. The monoisotopic (exact) mass is 371 g/mol. The molecule has 2 aromatic rings. The fourth-order valence-electron chi connectivity index (χ4n) is 3.06. The summed E-state index contributed by atoms with van der Waals surface area (Å²) in [6.45, 7) is 3.13. The third kappa shape index (κ3) is 4.55. The Bertz CT molecular complexity index is 805. The SMILES string of the molecule is Cc1cc(NC(=O)NCc2ccc(Cl)cc2)ccc1N1CCCCC1=O. The maximum absolute atomic E-state index is 12.1. The highest BCUT2D eigenvalue weighted by molar-refractivity contribution is 6.30. The van der Waals surface area contributed by atoms with Gasteiger partial charge in [0.15, 0.2) is 0 Å². The topological polar surface area (TPSA) is 61.4 Å². The Balaban J connectivity index is 1.59. The summed E-state index contributed by atoms with van der Waals surface area (Å²) in [4.78, 5) is 26.0. The molecule has 5 nitrogen and oxygen atoms in total. The van der Waals surface area contributed by atoms with Crippen molar-refractivity contribution in [1.29, 1.82) is 0 Å².